The van der Waals surface area contributed by atoms with Crippen LogP contribution in [-0.4, -0.2) is 0 Å². The monoisotopic (exact) mass is 140 g/mol. The molecule has 0 bridgehead atoms. The summed E-state index contributed by atoms with van der Waals surface area (Å²) in [5, 5.41) is 0. The van der Waals surface area contributed by atoms with Gasteiger partial charge in [-0.1, -0.05) is 46.5 Å². The van der Waals surface area contributed by atoms with Gasteiger partial charge in [-0.05, 0) is 18.8 Å². The molecule has 0 aliphatic heterocycles. The molecule has 0 aromatic heterocycles. The van der Waals surface area contributed by atoms with E-state index < -0.39 is 0 Å². The second kappa shape index (κ2) is 7.11. The molecule has 60 valence electrons. The van der Waals surface area contributed by atoms with Crippen LogP contribution in [0.2, 0.25) is 0 Å². The van der Waals surface area contributed by atoms with Gasteiger partial charge >= 0.3 is 0 Å². The van der Waals surface area contributed by atoms with Gasteiger partial charge in [-0.25, -0.2) is 0 Å². The lowest BCUT2D eigenvalue weighted by molar-refractivity contribution is 0.484. The van der Waals surface area contributed by atoms with E-state index in [-0.39, 0.29) is 0 Å². The molecule has 0 fully saturated rings. The Kier molecular flexibility index (Phi) is 7.11. The van der Waals surface area contributed by atoms with Crippen molar-refractivity contribution in [1.29, 1.82) is 0 Å². The average Bonchev–Trinajstić information content (AvgIpc) is 1.98. The van der Waals surface area contributed by atoms with Crippen LogP contribution >= 0.6 is 0 Å². The topological polar surface area (TPSA) is 0 Å². The summed E-state index contributed by atoms with van der Waals surface area (Å²) in [7, 11) is 0. The summed E-state index contributed by atoms with van der Waals surface area (Å²) in [6, 6.07) is 0. The van der Waals surface area contributed by atoms with E-state index in [4.69, 9.17) is 0 Å². The lowest BCUT2D eigenvalue weighted by Crippen LogP contribution is -1.98. The fourth-order valence-electron chi connectivity index (χ4n) is 1.23. The Morgan fingerprint density at radius 1 is 1.10 bits per heavy atom. The molecule has 1 unspecified atom stereocenters. The quantitative estimate of drug-likeness (QED) is 0.528. The number of rotatable bonds is 6. The highest BCUT2D eigenvalue weighted by Crippen LogP contribution is 2.16. The Morgan fingerprint density at radius 2 is 1.80 bits per heavy atom. The first kappa shape index (κ1) is 10.0. The maximum absolute atomic E-state index is 3.34. The predicted octanol–water partition coefficient (Wildman–Crippen LogP) is 3.69. The maximum atomic E-state index is 3.34. The summed E-state index contributed by atoms with van der Waals surface area (Å²) in [5.41, 5.74) is 0. The Bertz CT molecular complexity index is 57.1. The van der Waals surface area contributed by atoms with Gasteiger partial charge < -0.3 is 0 Å². The minimum Gasteiger partial charge on any atom is -0.0654 e. The molecule has 0 aliphatic carbocycles. The van der Waals surface area contributed by atoms with Gasteiger partial charge in [-0.15, -0.1) is 0 Å². The summed E-state index contributed by atoms with van der Waals surface area (Å²) < 4.78 is 0. The SMILES string of the molecule is C[C]C(CCC)CCCC. The van der Waals surface area contributed by atoms with Crippen molar-refractivity contribution in [3.8, 4) is 0 Å². The van der Waals surface area contributed by atoms with Crippen molar-refractivity contribution < 1.29 is 0 Å². The first-order chi connectivity index (χ1) is 4.85. The van der Waals surface area contributed by atoms with Crippen LogP contribution < -0.4 is 0 Å². The van der Waals surface area contributed by atoms with Crippen molar-refractivity contribution in [3.05, 3.63) is 6.42 Å². The second-order valence-corrected chi connectivity index (χ2v) is 2.92. The molecule has 0 amide bonds. The van der Waals surface area contributed by atoms with Crippen LogP contribution in [0.1, 0.15) is 52.9 Å². The van der Waals surface area contributed by atoms with Crippen LogP contribution in [0.25, 0.3) is 0 Å². The van der Waals surface area contributed by atoms with E-state index in [0.29, 0.717) is 0 Å². The van der Waals surface area contributed by atoms with Crippen molar-refractivity contribution in [2.45, 2.75) is 52.9 Å². The summed E-state index contributed by atoms with van der Waals surface area (Å²) in [5.74, 6) is 0.768. The van der Waals surface area contributed by atoms with E-state index in [0.717, 1.165) is 5.92 Å². The standard InChI is InChI=1S/C10H20/c1-4-7-9-10(6-3)8-5-2/h10H,4-5,7-9H2,1-3H3. The van der Waals surface area contributed by atoms with E-state index in [2.05, 4.69) is 27.2 Å². The fourth-order valence-corrected chi connectivity index (χ4v) is 1.23. The van der Waals surface area contributed by atoms with Gasteiger partial charge in [-0.3, -0.25) is 0 Å². The second-order valence-electron chi connectivity index (χ2n) is 2.92. The van der Waals surface area contributed by atoms with Crippen molar-refractivity contribution in [2.24, 2.45) is 5.92 Å². The Balaban J connectivity index is 3.21. The van der Waals surface area contributed by atoms with Crippen LogP contribution in [0.5, 0.6) is 0 Å². The molecule has 0 spiro atoms. The van der Waals surface area contributed by atoms with Crippen molar-refractivity contribution in [3.63, 3.8) is 0 Å². The van der Waals surface area contributed by atoms with E-state index in [9.17, 15) is 0 Å². The van der Waals surface area contributed by atoms with Gasteiger partial charge in [0, 0.05) is 0 Å². The molecular weight excluding hydrogens is 120 g/mol. The van der Waals surface area contributed by atoms with E-state index in [1.807, 2.05) is 0 Å². The summed E-state index contributed by atoms with van der Waals surface area (Å²) in [6.07, 6.45) is 10.0. The molecule has 0 N–H and O–H groups in total. The zero-order valence-corrected chi connectivity index (χ0v) is 7.61. The number of hydrogen-bond acceptors (Lipinski definition) is 0. The molecule has 0 aliphatic rings. The number of unbranched alkanes of at least 4 members (excludes halogenated alkanes) is 1. The van der Waals surface area contributed by atoms with Crippen molar-refractivity contribution >= 4 is 0 Å². The zero-order valence-electron chi connectivity index (χ0n) is 7.61. The highest BCUT2D eigenvalue weighted by atomic mass is 14.1. The molecule has 0 heterocycles. The summed E-state index contributed by atoms with van der Waals surface area (Å²) in [4.78, 5) is 0. The number of hydrogen-bond donors (Lipinski definition) is 0. The zero-order chi connectivity index (χ0) is 7.82. The Hall–Kier alpha value is 0. The average molecular weight is 140 g/mol. The highest BCUT2D eigenvalue weighted by Gasteiger charge is 2.03. The van der Waals surface area contributed by atoms with Crippen LogP contribution in [0, 0.1) is 12.3 Å². The third-order valence-electron chi connectivity index (χ3n) is 1.95. The van der Waals surface area contributed by atoms with Crippen molar-refractivity contribution in [1.82, 2.24) is 0 Å². The third-order valence-corrected chi connectivity index (χ3v) is 1.95. The Morgan fingerprint density at radius 3 is 2.20 bits per heavy atom. The molecule has 0 saturated carbocycles. The molecule has 0 rings (SSSR count). The van der Waals surface area contributed by atoms with Crippen LogP contribution in [-0.2, 0) is 0 Å². The van der Waals surface area contributed by atoms with Crippen LogP contribution in [0.4, 0.5) is 0 Å². The first-order valence-corrected chi connectivity index (χ1v) is 4.52. The summed E-state index contributed by atoms with van der Waals surface area (Å²) >= 11 is 0. The van der Waals surface area contributed by atoms with Gasteiger partial charge in [0.05, 0.1) is 0 Å². The fraction of sp³-hybridized carbons (Fsp3) is 0.900. The van der Waals surface area contributed by atoms with Gasteiger partial charge in [0.25, 0.3) is 0 Å². The van der Waals surface area contributed by atoms with Crippen LogP contribution in [0.15, 0.2) is 0 Å². The minimum atomic E-state index is 0.768. The lowest BCUT2D eigenvalue weighted by Gasteiger charge is -2.11. The summed E-state index contributed by atoms with van der Waals surface area (Å²) in [6.45, 7) is 6.56. The van der Waals surface area contributed by atoms with Gasteiger partial charge in [-0.2, -0.15) is 0 Å². The van der Waals surface area contributed by atoms with Gasteiger partial charge in [0.15, 0.2) is 0 Å². The molecule has 0 aromatic rings. The third kappa shape index (κ3) is 4.84. The van der Waals surface area contributed by atoms with Crippen molar-refractivity contribution in [2.75, 3.05) is 0 Å². The Labute approximate surface area is 66.0 Å². The van der Waals surface area contributed by atoms with Crippen LogP contribution in [0.3, 0.4) is 0 Å². The lowest BCUT2D eigenvalue weighted by atomic mass is 9.95. The van der Waals surface area contributed by atoms with Gasteiger partial charge in [0.1, 0.15) is 0 Å². The van der Waals surface area contributed by atoms with E-state index in [1.165, 1.54) is 32.1 Å². The smallest absolute Gasteiger partial charge is 0.0173 e. The molecular formula is C10H20. The molecule has 0 nitrogen and oxygen atoms in total. The maximum Gasteiger partial charge on any atom is -0.0173 e. The molecule has 2 radical (unpaired) electrons. The van der Waals surface area contributed by atoms with E-state index in [1.54, 1.807) is 0 Å². The molecule has 10 heavy (non-hydrogen) atoms. The molecule has 0 aromatic carbocycles. The highest BCUT2D eigenvalue weighted by molar-refractivity contribution is 4.70. The van der Waals surface area contributed by atoms with E-state index >= 15 is 0 Å². The molecule has 0 heteroatoms. The largest absolute Gasteiger partial charge is 0.0654 e. The molecule has 1 atom stereocenters. The van der Waals surface area contributed by atoms with Gasteiger partial charge in [0.2, 0.25) is 0 Å². The molecule has 0 saturated heterocycles. The minimum absolute atomic E-state index is 0.768. The first-order valence-electron chi connectivity index (χ1n) is 4.52. The predicted molar refractivity (Wildman–Crippen MR) is 46.8 cm³/mol. The normalized spacial score (nSPS) is 13.5.